The van der Waals surface area contributed by atoms with Crippen molar-refractivity contribution in [2.24, 2.45) is 0 Å². The Morgan fingerprint density at radius 1 is 0.889 bits per heavy atom. The Hall–Kier alpha value is -3.38. The van der Waals surface area contributed by atoms with Crippen LogP contribution in [0.1, 0.15) is 44.7 Å². The number of ether oxygens (including phenoxy) is 1. The zero-order valence-electron chi connectivity index (χ0n) is 19.3. The molecule has 0 spiro atoms. The number of benzene rings is 2. The first-order chi connectivity index (χ1) is 16.5. The summed E-state index contributed by atoms with van der Waals surface area (Å²) in [6, 6.07) is 3.73. The molecule has 0 aliphatic heterocycles. The van der Waals surface area contributed by atoms with Crippen LogP contribution in [-0.4, -0.2) is 23.6 Å². The second-order valence-corrected chi connectivity index (χ2v) is 8.71. The number of alkyl halides is 3. The van der Waals surface area contributed by atoms with Crippen molar-refractivity contribution in [3.8, 4) is 0 Å². The van der Waals surface area contributed by atoms with E-state index in [2.05, 4.69) is 5.32 Å². The summed E-state index contributed by atoms with van der Waals surface area (Å²) in [5.41, 5.74) is -4.94. The lowest BCUT2D eigenvalue weighted by molar-refractivity contribution is -0.143. The molecule has 0 saturated carbocycles. The number of hydrogen-bond donors (Lipinski definition) is 2. The minimum Gasteiger partial charge on any atom is -0.444 e. The number of aryl methyl sites for hydroxylation is 1. The van der Waals surface area contributed by atoms with E-state index in [1.54, 1.807) is 0 Å². The largest absolute Gasteiger partial charge is 0.444 e. The van der Waals surface area contributed by atoms with Crippen LogP contribution in [0.4, 0.5) is 45.6 Å². The van der Waals surface area contributed by atoms with Crippen molar-refractivity contribution in [3.05, 3.63) is 64.5 Å². The van der Waals surface area contributed by atoms with Crippen molar-refractivity contribution < 1.29 is 49.4 Å². The van der Waals surface area contributed by atoms with Crippen LogP contribution in [0.3, 0.4) is 0 Å². The summed E-state index contributed by atoms with van der Waals surface area (Å²) >= 11 is 0. The van der Waals surface area contributed by atoms with Gasteiger partial charge in [-0.25, -0.2) is 26.7 Å². The summed E-state index contributed by atoms with van der Waals surface area (Å²) in [6.07, 6.45) is -6.64. The van der Waals surface area contributed by atoms with Gasteiger partial charge in [0.1, 0.15) is 28.7 Å². The van der Waals surface area contributed by atoms with Gasteiger partial charge in [0.25, 0.3) is 0 Å². The molecule has 0 radical (unpaired) electrons. The standard InChI is InChI=1S/C23H22F8N2O3/c1-22(2,3)36-21(35)32-13(6-4-5-11-7-9-12(24)10-8-11)20(34)33-19-17(27)15(25)14(23(29,30)31)16(26)18(19)28/h7-10,13H,4-6H2,1-3H3,(H,32,35)(H,33,34)/t13-/m0/s1. The first-order valence-electron chi connectivity index (χ1n) is 10.5. The summed E-state index contributed by atoms with van der Waals surface area (Å²) in [4.78, 5) is 24.8. The highest BCUT2D eigenvalue weighted by Gasteiger charge is 2.42. The Balaban J connectivity index is 2.28. The van der Waals surface area contributed by atoms with E-state index in [4.69, 9.17) is 4.74 Å². The van der Waals surface area contributed by atoms with Crippen LogP contribution < -0.4 is 10.6 Å². The van der Waals surface area contributed by atoms with Gasteiger partial charge in [0.15, 0.2) is 23.3 Å². The number of hydrogen-bond acceptors (Lipinski definition) is 3. The molecule has 0 aliphatic carbocycles. The lowest BCUT2D eigenvalue weighted by Gasteiger charge is -2.23. The number of carbonyl (C=O) groups is 2. The molecule has 5 nitrogen and oxygen atoms in total. The molecule has 0 unspecified atom stereocenters. The van der Waals surface area contributed by atoms with E-state index >= 15 is 0 Å². The van der Waals surface area contributed by atoms with Gasteiger partial charge < -0.3 is 15.4 Å². The van der Waals surface area contributed by atoms with Crippen LogP contribution in [-0.2, 0) is 22.1 Å². The smallest absolute Gasteiger partial charge is 0.422 e. The van der Waals surface area contributed by atoms with Gasteiger partial charge in [0.2, 0.25) is 5.91 Å². The molecule has 2 N–H and O–H groups in total. The lowest BCUT2D eigenvalue weighted by atomic mass is 10.0. The van der Waals surface area contributed by atoms with Gasteiger partial charge in [-0.2, -0.15) is 13.2 Å². The fourth-order valence-corrected chi connectivity index (χ4v) is 3.08. The van der Waals surface area contributed by atoms with E-state index in [1.165, 1.54) is 50.4 Å². The van der Waals surface area contributed by atoms with Gasteiger partial charge in [-0.3, -0.25) is 4.79 Å². The van der Waals surface area contributed by atoms with E-state index in [0.29, 0.717) is 5.56 Å². The molecule has 2 amide bonds. The molecule has 2 rings (SSSR count). The van der Waals surface area contributed by atoms with E-state index < -0.39 is 70.2 Å². The predicted octanol–water partition coefficient (Wildman–Crippen LogP) is 6.26. The summed E-state index contributed by atoms with van der Waals surface area (Å²) in [6.45, 7) is 4.53. The van der Waals surface area contributed by atoms with Gasteiger partial charge in [-0.15, -0.1) is 0 Å². The number of alkyl carbamates (subject to hydrolysis) is 1. The first-order valence-corrected chi connectivity index (χ1v) is 10.5. The molecule has 13 heteroatoms. The molecular formula is C23H22F8N2O3. The molecular weight excluding hydrogens is 504 g/mol. The molecule has 2 aromatic rings. The molecule has 0 heterocycles. The molecule has 1 atom stereocenters. The quantitative estimate of drug-likeness (QED) is 0.331. The van der Waals surface area contributed by atoms with E-state index in [0.717, 1.165) is 0 Å². The monoisotopic (exact) mass is 526 g/mol. The Kier molecular flexibility index (Phi) is 8.92. The van der Waals surface area contributed by atoms with Crippen LogP contribution in [0.5, 0.6) is 0 Å². The van der Waals surface area contributed by atoms with Crippen molar-refractivity contribution in [2.45, 2.75) is 57.9 Å². The van der Waals surface area contributed by atoms with Gasteiger partial charge in [0, 0.05) is 0 Å². The lowest BCUT2D eigenvalue weighted by Crippen LogP contribution is -2.46. The van der Waals surface area contributed by atoms with Gasteiger partial charge in [-0.1, -0.05) is 12.1 Å². The Labute approximate surface area is 200 Å². The molecule has 2 aromatic carbocycles. The Bertz CT molecular complexity index is 1080. The number of carbonyl (C=O) groups excluding carboxylic acids is 2. The van der Waals surface area contributed by atoms with Crippen molar-refractivity contribution in [2.75, 3.05) is 5.32 Å². The van der Waals surface area contributed by atoms with Crippen LogP contribution >= 0.6 is 0 Å². The molecule has 0 bridgehead atoms. The Morgan fingerprint density at radius 3 is 1.89 bits per heavy atom. The van der Waals surface area contributed by atoms with Gasteiger partial charge >= 0.3 is 12.3 Å². The summed E-state index contributed by atoms with van der Waals surface area (Å²) in [5.74, 6) is -12.3. The molecule has 0 fully saturated rings. The van der Waals surface area contributed by atoms with Crippen LogP contribution in [0, 0.1) is 29.1 Å². The summed E-state index contributed by atoms with van der Waals surface area (Å²) < 4.78 is 113. The molecule has 36 heavy (non-hydrogen) atoms. The SMILES string of the molecule is CC(C)(C)OC(=O)N[C@@H](CCCc1ccc(F)cc1)C(=O)Nc1c(F)c(F)c(C(F)(F)F)c(F)c1F. The second-order valence-electron chi connectivity index (χ2n) is 8.71. The van der Waals surface area contributed by atoms with Crippen molar-refractivity contribution in [1.29, 1.82) is 0 Å². The van der Waals surface area contributed by atoms with E-state index in [-0.39, 0.29) is 19.3 Å². The van der Waals surface area contributed by atoms with Crippen molar-refractivity contribution in [1.82, 2.24) is 5.32 Å². The first kappa shape index (κ1) is 28.9. The van der Waals surface area contributed by atoms with Gasteiger partial charge in [0.05, 0.1) is 0 Å². The number of anilines is 1. The average Bonchev–Trinajstić information content (AvgIpc) is 2.73. The summed E-state index contributed by atoms with van der Waals surface area (Å²) in [7, 11) is 0. The van der Waals surface area contributed by atoms with Crippen LogP contribution in [0.2, 0.25) is 0 Å². The van der Waals surface area contributed by atoms with Crippen molar-refractivity contribution >= 4 is 17.7 Å². The molecule has 0 aromatic heterocycles. The topological polar surface area (TPSA) is 67.4 Å². The van der Waals surface area contributed by atoms with Gasteiger partial charge in [-0.05, 0) is 57.7 Å². The fourth-order valence-electron chi connectivity index (χ4n) is 3.08. The maximum absolute atomic E-state index is 14.2. The summed E-state index contributed by atoms with van der Waals surface area (Å²) in [5, 5.41) is 3.65. The normalized spacial score (nSPS) is 12.8. The van der Waals surface area contributed by atoms with E-state index in [9.17, 15) is 44.7 Å². The number of rotatable bonds is 7. The Morgan fingerprint density at radius 2 is 1.42 bits per heavy atom. The maximum atomic E-state index is 14.2. The molecule has 198 valence electrons. The zero-order valence-corrected chi connectivity index (χ0v) is 19.3. The fraction of sp³-hybridized carbons (Fsp3) is 0.391. The third kappa shape index (κ3) is 7.56. The van der Waals surface area contributed by atoms with Crippen LogP contribution in [0.15, 0.2) is 24.3 Å². The highest BCUT2D eigenvalue weighted by atomic mass is 19.4. The highest BCUT2D eigenvalue weighted by molar-refractivity contribution is 5.96. The highest BCUT2D eigenvalue weighted by Crippen LogP contribution is 2.38. The maximum Gasteiger partial charge on any atom is 0.422 e. The minimum atomic E-state index is -5.75. The second kappa shape index (κ2) is 11.1. The molecule has 0 aliphatic rings. The third-order valence-corrected chi connectivity index (χ3v) is 4.67. The van der Waals surface area contributed by atoms with Crippen LogP contribution in [0.25, 0.3) is 0 Å². The molecule has 0 saturated heterocycles. The third-order valence-electron chi connectivity index (χ3n) is 4.67. The number of nitrogens with one attached hydrogen (secondary N) is 2. The number of halogens is 8. The van der Waals surface area contributed by atoms with Crippen molar-refractivity contribution in [3.63, 3.8) is 0 Å². The predicted molar refractivity (Wildman–Crippen MR) is 112 cm³/mol. The van der Waals surface area contributed by atoms with E-state index in [1.807, 2.05) is 0 Å². The average molecular weight is 526 g/mol. The minimum absolute atomic E-state index is 0.153. The number of amides is 2. The zero-order chi connectivity index (χ0) is 27.4.